The fraction of sp³-hybridized carbons (Fsp3) is 0.0909. The van der Waals surface area contributed by atoms with Gasteiger partial charge in [0.05, 0.1) is 9.79 Å². The number of benzene rings is 3. The fourth-order valence-electron chi connectivity index (χ4n) is 3.48. The van der Waals surface area contributed by atoms with Crippen molar-refractivity contribution in [1.29, 1.82) is 0 Å². The Morgan fingerprint density at radius 2 is 1.26 bits per heavy atom. The van der Waals surface area contributed by atoms with Crippen molar-refractivity contribution in [2.24, 2.45) is 0 Å². The SMILES string of the molecule is Cc1ccccc1S(=O)(=O)NNc1[nH]c2ccccc2c1S(=O)(=O)c1ccccc1C. The summed E-state index contributed by atoms with van der Waals surface area (Å²) >= 11 is 0. The molecule has 9 heteroatoms. The average molecular weight is 456 g/mol. The van der Waals surface area contributed by atoms with Crippen molar-refractivity contribution in [3.63, 3.8) is 0 Å². The van der Waals surface area contributed by atoms with E-state index in [-0.39, 0.29) is 20.5 Å². The van der Waals surface area contributed by atoms with Gasteiger partial charge in [-0.15, -0.1) is 4.83 Å². The van der Waals surface area contributed by atoms with Gasteiger partial charge in [-0.25, -0.2) is 16.8 Å². The van der Waals surface area contributed by atoms with E-state index < -0.39 is 19.9 Å². The first-order valence-electron chi connectivity index (χ1n) is 9.47. The minimum absolute atomic E-state index is 0.0233. The van der Waals surface area contributed by atoms with Crippen LogP contribution in [0.4, 0.5) is 5.82 Å². The number of aromatic amines is 1. The van der Waals surface area contributed by atoms with Gasteiger partial charge in [0.2, 0.25) is 9.84 Å². The summed E-state index contributed by atoms with van der Waals surface area (Å²) in [5.74, 6) is 0.0432. The van der Waals surface area contributed by atoms with Gasteiger partial charge in [0.15, 0.2) is 0 Å². The maximum Gasteiger partial charge on any atom is 0.257 e. The largest absolute Gasteiger partial charge is 0.339 e. The van der Waals surface area contributed by atoms with E-state index in [1.54, 1.807) is 74.5 Å². The molecule has 0 spiro atoms. The van der Waals surface area contributed by atoms with Crippen molar-refractivity contribution in [3.8, 4) is 0 Å². The van der Waals surface area contributed by atoms with E-state index in [9.17, 15) is 16.8 Å². The molecule has 0 bridgehead atoms. The number of sulfone groups is 1. The third-order valence-corrected chi connectivity index (χ3v) is 8.41. The number of H-pyrrole nitrogens is 1. The predicted molar refractivity (Wildman–Crippen MR) is 120 cm³/mol. The topological polar surface area (TPSA) is 108 Å². The van der Waals surface area contributed by atoms with Gasteiger partial charge < -0.3 is 4.98 Å². The van der Waals surface area contributed by atoms with Crippen LogP contribution in [0.3, 0.4) is 0 Å². The lowest BCUT2D eigenvalue weighted by atomic mass is 10.2. The average Bonchev–Trinajstić information content (AvgIpc) is 3.12. The Balaban J connectivity index is 1.82. The first-order valence-corrected chi connectivity index (χ1v) is 12.4. The molecule has 1 heterocycles. The van der Waals surface area contributed by atoms with Gasteiger partial charge in [0.25, 0.3) is 10.0 Å². The van der Waals surface area contributed by atoms with Crippen molar-refractivity contribution >= 4 is 36.6 Å². The second kappa shape index (κ2) is 7.84. The van der Waals surface area contributed by atoms with E-state index in [4.69, 9.17) is 0 Å². The van der Waals surface area contributed by atoms with Gasteiger partial charge in [-0.1, -0.05) is 54.6 Å². The smallest absolute Gasteiger partial charge is 0.257 e. The van der Waals surface area contributed by atoms with Crippen LogP contribution in [-0.4, -0.2) is 21.8 Å². The Hall–Kier alpha value is -3.14. The fourth-order valence-corrected chi connectivity index (χ4v) is 6.39. The Labute approximate surface area is 181 Å². The third kappa shape index (κ3) is 3.83. The standard InChI is InChI=1S/C22H21N3O4S2/c1-15-9-3-7-13-19(15)30(26,27)21-17-11-5-6-12-18(17)23-22(21)24-25-31(28,29)20-14-8-4-10-16(20)2/h3-14,23-25H,1-2H3. The molecule has 0 aliphatic rings. The second-order valence-electron chi connectivity index (χ2n) is 7.14. The van der Waals surface area contributed by atoms with Crippen LogP contribution in [0.2, 0.25) is 0 Å². The molecule has 0 amide bonds. The number of hydrogen-bond acceptors (Lipinski definition) is 5. The van der Waals surface area contributed by atoms with Crippen LogP contribution in [-0.2, 0) is 19.9 Å². The zero-order valence-corrected chi connectivity index (χ0v) is 18.5. The molecule has 0 atom stereocenters. The van der Waals surface area contributed by atoms with Gasteiger partial charge in [0, 0.05) is 10.9 Å². The minimum atomic E-state index is -3.95. The first kappa shape index (κ1) is 21.1. The second-order valence-corrected chi connectivity index (χ2v) is 10.6. The van der Waals surface area contributed by atoms with Crippen molar-refractivity contribution in [2.45, 2.75) is 28.5 Å². The number of para-hydroxylation sites is 1. The third-order valence-electron chi connectivity index (χ3n) is 5.00. The molecule has 7 nitrogen and oxygen atoms in total. The van der Waals surface area contributed by atoms with Crippen LogP contribution >= 0.6 is 0 Å². The molecule has 0 radical (unpaired) electrons. The van der Waals surface area contributed by atoms with Gasteiger partial charge in [0.1, 0.15) is 10.7 Å². The Morgan fingerprint density at radius 1 is 0.710 bits per heavy atom. The summed E-state index contributed by atoms with van der Waals surface area (Å²) < 4.78 is 52.7. The highest BCUT2D eigenvalue weighted by atomic mass is 32.2. The summed E-state index contributed by atoms with van der Waals surface area (Å²) in [6.07, 6.45) is 0. The lowest BCUT2D eigenvalue weighted by molar-refractivity contribution is 0.585. The lowest BCUT2D eigenvalue weighted by Crippen LogP contribution is -2.30. The zero-order chi connectivity index (χ0) is 22.2. The molecule has 31 heavy (non-hydrogen) atoms. The molecule has 0 unspecified atom stereocenters. The lowest BCUT2D eigenvalue weighted by Gasteiger charge is -2.13. The van der Waals surface area contributed by atoms with E-state index in [0.29, 0.717) is 22.0 Å². The van der Waals surface area contributed by atoms with Gasteiger partial charge in [-0.3, -0.25) is 5.43 Å². The van der Waals surface area contributed by atoms with Crippen molar-refractivity contribution < 1.29 is 16.8 Å². The molecular weight excluding hydrogens is 434 g/mol. The molecule has 3 aromatic carbocycles. The van der Waals surface area contributed by atoms with E-state index in [1.807, 2.05) is 0 Å². The number of sulfonamides is 1. The Bertz CT molecular complexity index is 1490. The molecule has 1 aromatic heterocycles. The number of nitrogens with one attached hydrogen (secondary N) is 3. The highest BCUT2D eigenvalue weighted by molar-refractivity contribution is 7.92. The van der Waals surface area contributed by atoms with E-state index in [1.165, 1.54) is 12.1 Å². The maximum absolute atomic E-state index is 13.6. The summed E-state index contributed by atoms with van der Waals surface area (Å²) in [4.78, 5) is 5.51. The molecule has 160 valence electrons. The summed E-state index contributed by atoms with van der Waals surface area (Å²) in [6, 6.07) is 20.1. The van der Waals surface area contributed by atoms with E-state index in [0.717, 1.165) is 0 Å². The molecule has 0 aliphatic heterocycles. The molecule has 0 saturated heterocycles. The number of aryl methyl sites for hydroxylation is 2. The van der Waals surface area contributed by atoms with Crippen LogP contribution in [0, 0.1) is 13.8 Å². The minimum Gasteiger partial charge on any atom is -0.339 e. The highest BCUT2D eigenvalue weighted by Gasteiger charge is 2.28. The van der Waals surface area contributed by atoms with Gasteiger partial charge in [-0.05, 0) is 43.2 Å². The van der Waals surface area contributed by atoms with E-state index in [2.05, 4.69) is 15.2 Å². The van der Waals surface area contributed by atoms with Crippen LogP contribution in [0.25, 0.3) is 10.9 Å². The van der Waals surface area contributed by atoms with Crippen LogP contribution < -0.4 is 10.3 Å². The number of rotatable bonds is 6. The molecule has 0 aliphatic carbocycles. The molecular formula is C22H21N3O4S2. The number of fused-ring (bicyclic) bond motifs is 1. The number of hydrogen-bond donors (Lipinski definition) is 3. The van der Waals surface area contributed by atoms with Crippen LogP contribution in [0.1, 0.15) is 11.1 Å². The number of aromatic nitrogens is 1. The van der Waals surface area contributed by atoms with E-state index >= 15 is 0 Å². The molecule has 4 aromatic rings. The molecule has 0 saturated carbocycles. The molecule has 3 N–H and O–H groups in total. The van der Waals surface area contributed by atoms with Crippen LogP contribution in [0.5, 0.6) is 0 Å². The summed E-state index contributed by atoms with van der Waals surface area (Å²) in [5, 5.41) is 0.461. The Morgan fingerprint density at radius 3 is 1.90 bits per heavy atom. The van der Waals surface area contributed by atoms with Crippen molar-refractivity contribution in [2.75, 3.05) is 5.43 Å². The van der Waals surface area contributed by atoms with Gasteiger partial charge in [-0.2, -0.15) is 0 Å². The number of hydrazine groups is 1. The predicted octanol–water partition coefficient (Wildman–Crippen LogP) is 3.92. The monoisotopic (exact) mass is 455 g/mol. The number of anilines is 1. The summed E-state index contributed by atoms with van der Waals surface area (Å²) in [5.41, 5.74) is 4.32. The summed E-state index contributed by atoms with van der Waals surface area (Å²) in [6.45, 7) is 3.40. The molecule has 0 fully saturated rings. The van der Waals surface area contributed by atoms with Gasteiger partial charge >= 0.3 is 0 Å². The maximum atomic E-state index is 13.6. The first-order chi connectivity index (χ1) is 14.7. The normalized spacial score (nSPS) is 12.2. The summed E-state index contributed by atoms with van der Waals surface area (Å²) in [7, 11) is -7.89. The van der Waals surface area contributed by atoms with Crippen molar-refractivity contribution in [3.05, 3.63) is 83.9 Å². The van der Waals surface area contributed by atoms with Crippen molar-refractivity contribution in [1.82, 2.24) is 9.82 Å². The Kier molecular flexibility index (Phi) is 5.34. The molecule has 4 rings (SSSR count). The van der Waals surface area contributed by atoms with Crippen LogP contribution in [0.15, 0.2) is 87.5 Å². The quantitative estimate of drug-likeness (QED) is 0.382. The zero-order valence-electron chi connectivity index (χ0n) is 16.9. The highest BCUT2D eigenvalue weighted by Crippen LogP contribution is 2.35.